The number of alkyl halides is 1. The van der Waals surface area contributed by atoms with E-state index in [-0.39, 0.29) is 5.82 Å². The molecule has 0 aliphatic carbocycles. The number of hydrogen-bond donors (Lipinski definition) is 0. The first-order valence-electron chi connectivity index (χ1n) is 6.32. The second kappa shape index (κ2) is 5.58. The second-order valence-electron chi connectivity index (χ2n) is 4.47. The van der Waals surface area contributed by atoms with Gasteiger partial charge in [0.25, 0.3) is 0 Å². The molecule has 0 aliphatic heterocycles. The fraction of sp³-hybridized carbons (Fsp3) is 0.308. The average molecular weight is 294 g/mol. The van der Waals surface area contributed by atoms with Crippen molar-refractivity contribution in [2.24, 2.45) is 0 Å². The number of fused-ring (bicyclic) bond motifs is 1. The molecule has 0 atom stereocenters. The third kappa shape index (κ3) is 2.51. The van der Waals surface area contributed by atoms with E-state index >= 15 is 0 Å². The van der Waals surface area contributed by atoms with E-state index in [1.54, 1.807) is 16.9 Å². The molecule has 0 saturated carbocycles. The van der Waals surface area contributed by atoms with Crippen LogP contribution in [-0.2, 0) is 19.0 Å². The molecule has 3 aromatic rings. The molecule has 0 spiro atoms. The summed E-state index contributed by atoms with van der Waals surface area (Å²) in [5, 5.41) is 7.67. The summed E-state index contributed by atoms with van der Waals surface area (Å²) in [6, 6.07) is 4.58. The van der Waals surface area contributed by atoms with E-state index in [2.05, 4.69) is 15.3 Å². The minimum Gasteiger partial charge on any atom is -0.327 e. The normalized spacial score (nSPS) is 11.3. The van der Waals surface area contributed by atoms with Crippen LogP contribution in [0, 0.1) is 5.82 Å². The summed E-state index contributed by atoms with van der Waals surface area (Å²) in [6.07, 6.45) is 4.30. The molecule has 2 aromatic heterocycles. The van der Waals surface area contributed by atoms with Gasteiger partial charge in [0.1, 0.15) is 11.6 Å². The van der Waals surface area contributed by atoms with Gasteiger partial charge in [0, 0.05) is 19.3 Å². The number of hydrogen-bond acceptors (Lipinski definition) is 3. The quantitative estimate of drug-likeness (QED) is 0.679. The van der Waals surface area contributed by atoms with Crippen LogP contribution in [0.3, 0.4) is 0 Å². The second-order valence-corrected chi connectivity index (χ2v) is 4.73. The van der Waals surface area contributed by atoms with Crippen LogP contribution in [-0.4, -0.2) is 24.5 Å². The zero-order chi connectivity index (χ0) is 13.9. The molecule has 20 heavy (non-hydrogen) atoms. The molecule has 0 radical (unpaired) electrons. The van der Waals surface area contributed by atoms with E-state index in [1.807, 2.05) is 10.8 Å². The van der Waals surface area contributed by atoms with Gasteiger partial charge >= 0.3 is 0 Å². The molecule has 5 nitrogen and oxygen atoms in total. The van der Waals surface area contributed by atoms with Crippen LogP contribution in [0.2, 0.25) is 0 Å². The van der Waals surface area contributed by atoms with Gasteiger partial charge in [-0.05, 0) is 24.6 Å². The topological polar surface area (TPSA) is 48.5 Å². The maximum atomic E-state index is 13.4. The summed E-state index contributed by atoms with van der Waals surface area (Å²) in [5.41, 5.74) is 1.54. The maximum Gasteiger partial charge on any atom is 0.125 e. The first-order chi connectivity index (χ1) is 9.78. The number of aryl methyl sites for hydroxylation is 2. The Kier molecular flexibility index (Phi) is 3.64. The highest BCUT2D eigenvalue weighted by Gasteiger charge is 2.10. The Morgan fingerprint density at radius 2 is 2.15 bits per heavy atom. The van der Waals surface area contributed by atoms with Crippen molar-refractivity contribution in [3.63, 3.8) is 0 Å². The Bertz CT molecular complexity index is 707. The van der Waals surface area contributed by atoms with E-state index in [0.29, 0.717) is 12.4 Å². The molecule has 1 aromatic carbocycles. The Balaban J connectivity index is 1.83. The van der Waals surface area contributed by atoms with Crippen LogP contribution in [0.15, 0.2) is 30.6 Å². The third-order valence-corrected chi connectivity index (χ3v) is 3.39. The van der Waals surface area contributed by atoms with Crippen molar-refractivity contribution in [1.29, 1.82) is 0 Å². The fourth-order valence-electron chi connectivity index (χ4n) is 2.24. The van der Waals surface area contributed by atoms with E-state index in [1.165, 1.54) is 12.1 Å². The van der Waals surface area contributed by atoms with Crippen LogP contribution in [0.25, 0.3) is 11.0 Å². The summed E-state index contributed by atoms with van der Waals surface area (Å²) in [7, 11) is 0. The summed E-state index contributed by atoms with van der Waals surface area (Å²) in [4.78, 5) is 4.42. The van der Waals surface area contributed by atoms with Gasteiger partial charge in [0.05, 0.1) is 23.1 Å². The lowest BCUT2D eigenvalue weighted by atomic mass is 10.3. The lowest BCUT2D eigenvalue weighted by molar-refractivity contribution is 0.514. The van der Waals surface area contributed by atoms with Crippen molar-refractivity contribution in [2.75, 3.05) is 0 Å². The summed E-state index contributed by atoms with van der Waals surface area (Å²) in [5.74, 6) is 0.793. The van der Waals surface area contributed by atoms with Crippen LogP contribution in [0.5, 0.6) is 0 Å². The van der Waals surface area contributed by atoms with E-state index in [9.17, 15) is 4.39 Å². The monoisotopic (exact) mass is 293 g/mol. The minimum atomic E-state index is -0.268. The van der Waals surface area contributed by atoms with Gasteiger partial charge < -0.3 is 4.57 Å². The van der Waals surface area contributed by atoms with Gasteiger partial charge in [-0.15, -0.1) is 16.7 Å². The van der Waals surface area contributed by atoms with Crippen LogP contribution >= 0.6 is 11.6 Å². The lowest BCUT2D eigenvalue weighted by Gasteiger charge is -2.07. The largest absolute Gasteiger partial charge is 0.327 e. The number of imidazole rings is 1. The fourth-order valence-corrected chi connectivity index (χ4v) is 2.44. The van der Waals surface area contributed by atoms with Crippen molar-refractivity contribution in [3.8, 4) is 0 Å². The smallest absolute Gasteiger partial charge is 0.125 e. The highest BCUT2D eigenvalue weighted by molar-refractivity contribution is 6.16. The molecular weight excluding hydrogens is 281 g/mol. The molecular formula is C13H13ClFN5. The van der Waals surface area contributed by atoms with Gasteiger partial charge in [-0.2, -0.15) is 0 Å². The molecule has 7 heteroatoms. The van der Waals surface area contributed by atoms with Crippen molar-refractivity contribution < 1.29 is 4.39 Å². The molecule has 3 rings (SSSR count). The number of halogens is 2. The van der Waals surface area contributed by atoms with Crippen LogP contribution < -0.4 is 0 Å². The summed E-state index contributed by atoms with van der Waals surface area (Å²) < 4.78 is 17.1. The summed E-state index contributed by atoms with van der Waals surface area (Å²) in [6.45, 7) is 1.46. The van der Waals surface area contributed by atoms with Gasteiger partial charge in [0.15, 0.2) is 0 Å². The zero-order valence-corrected chi connectivity index (χ0v) is 11.5. The van der Waals surface area contributed by atoms with Crippen molar-refractivity contribution in [1.82, 2.24) is 24.5 Å². The van der Waals surface area contributed by atoms with Gasteiger partial charge in [-0.25, -0.2) is 9.37 Å². The lowest BCUT2D eigenvalue weighted by Crippen LogP contribution is -2.07. The average Bonchev–Trinajstić information content (AvgIpc) is 3.07. The third-order valence-electron chi connectivity index (χ3n) is 3.15. The predicted octanol–water partition coefficient (Wildman–Crippen LogP) is 2.60. The number of benzene rings is 1. The van der Waals surface area contributed by atoms with E-state index < -0.39 is 0 Å². The number of rotatable bonds is 5. The van der Waals surface area contributed by atoms with E-state index in [4.69, 9.17) is 11.6 Å². The molecule has 0 aliphatic rings. The Hall–Kier alpha value is -1.95. The molecule has 104 valence electrons. The van der Waals surface area contributed by atoms with Crippen molar-refractivity contribution in [3.05, 3.63) is 42.2 Å². The minimum absolute atomic E-state index is 0.268. The highest BCUT2D eigenvalue weighted by Crippen LogP contribution is 2.19. The highest BCUT2D eigenvalue weighted by atomic mass is 35.5. The molecule has 0 bridgehead atoms. The summed E-state index contributed by atoms with van der Waals surface area (Å²) >= 11 is 5.92. The maximum absolute atomic E-state index is 13.4. The van der Waals surface area contributed by atoms with Gasteiger partial charge in [0.2, 0.25) is 0 Å². The zero-order valence-electron chi connectivity index (χ0n) is 10.7. The van der Waals surface area contributed by atoms with Crippen molar-refractivity contribution in [2.45, 2.75) is 25.4 Å². The molecule has 2 heterocycles. The first kappa shape index (κ1) is 13.1. The Labute approximate surface area is 120 Å². The van der Waals surface area contributed by atoms with Crippen LogP contribution in [0.4, 0.5) is 4.39 Å². The molecule has 0 N–H and O–H groups in total. The molecule has 0 saturated heterocycles. The Morgan fingerprint density at radius 3 is 2.90 bits per heavy atom. The first-order valence-corrected chi connectivity index (χ1v) is 6.86. The SMILES string of the molecule is Fc1ccc2nc(CCl)n(CCCn3ccnn3)c2c1. The Morgan fingerprint density at radius 1 is 1.25 bits per heavy atom. The standard InChI is InChI=1S/C13H13ClFN5/c14-9-13-17-11-3-2-10(15)8-12(11)20(13)6-1-5-19-7-4-16-18-19/h2-4,7-8H,1,5-6,9H2. The molecule has 0 amide bonds. The van der Waals surface area contributed by atoms with E-state index in [0.717, 1.165) is 29.8 Å². The number of aromatic nitrogens is 5. The predicted molar refractivity (Wildman–Crippen MR) is 73.9 cm³/mol. The molecule has 0 fully saturated rings. The van der Waals surface area contributed by atoms with Crippen molar-refractivity contribution >= 4 is 22.6 Å². The number of nitrogens with zero attached hydrogens (tertiary/aromatic N) is 5. The van der Waals surface area contributed by atoms with Gasteiger partial charge in [-0.1, -0.05) is 5.21 Å². The molecule has 0 unspecified atom stereocenters. The van der Waals surface area contributed by atoms with Gasteiger partial charge in [-0.3, -0.25) is 4.68 Å². The van der Waals surface area contributed by atoms with Crippen LogP contribution in [0.1, 0.15) is 12.2 Å².